The SMILES string of the molecule is CN1CCN(CCCc2cc(Cl)cc(Cl)c2Cl)CC1. The maximum atomic E-state index is 6.19. The molecule has 0 atom stereocenters. The van der Waals surface area contributed by atoms with Crippen LogP contribution in [0.15, 0.2) is 12.1 Å². The molecule has 19 heavy (non-hydrogen) atoms. The molecule has 0 saturated carbocycles. The van der Waals surface area contributed by atoms with Crippen molar-refractivity contribution in [3.05, 3.63) is 32.8 Å². The molecule has 0 amide bonds. The molecule has 0 bridgehead atoms. The van der Waals surface area contributed by atoms with E-state index >= 15 is 0 Å². The highest BCUT2D eigenvalue weighted by atomic mass is 35.5. The Kier molecular flexibility index (Phi) is 5.79. The number of likely N-dealkylation sites (N-methyl/N-ethyl adjacent to an activating group) is 1. The second-order valence-corrected chi connectivity index (χ2v) is 6.33. The average molecular weight is 322 g/mol. The van der Waals surface area contributed by atoms with E-state index in [-0.39, 0.29) is 0 Å². The Morgan fingerprint density at radius 3 is 2.42 bits per heavy atom. The number of hydrogen-bond acceptors (Lipinski definition) is 2. The minimum atomic E-state index is 0.545. The van der Waals surface area contributed by atoms with Gasteiger partial charge in [0.1, 0.15) is 0 Å². The zero-order chi connectivity index (χ0) is 13.8. The molecule has 0 aromatic heterocycles. The van der Waals surface area contributed by atoms with Gasteiger partial charge in [-0.3, -0.25) is 0 Å². The van der Waals surface area contributed by atoms with Gasteiger partial charge in [0.25, 0.3) is 0 Å². The second-order valence-electron chi connectivity index (χ2n) is 5.11. The van der Waals surface area contributed by atoms with Gasteiger partial charge in [0, 0.05) is 31.2 Å². The molecule has 0 radical (unpaired) electrons. The van der Waals surface area contributed by atoms with Crippen LogP contribution in [0.4, 0.5) is 0 Å². The maximum absolute atomic E-state index is 6.19. The normalized spacial score (nSPS) is 17.9. The van der Waals surface area contributed by atoms with Crippen LogP contribution in [0.5, 0.6) is 0 Å². The van der Waals surface area contributed by atoms with E-state index in [0.29, 0.717) is 15.1 Å². The number of halogens is 3. The van der Waals surface area contributed by atoms with Crippen LogP contribution < -0.4 is 0 Å². The summed E-state index contributed by atoms with van der Waals surface area (Å²) in [4.78, 5) is 4.87. The lowest BCUT2D eigenvalue weighted by Gasteiger charge is -2.32. The minimum absolute atomic E-state index is 0.545. The summed E-state index contributed by atoms with van der Waals surface area (Å²) in [5.41, 5.74) is 1.05. The van der Waals surface area contributed by atoms with Gasteiger partial charge in [-0.1, -0.05) is 34.8 Å². The van der Waals surface area contributed by atoms with Crippen molar-refractivity contribution in [2.75, 3.05) is 39.8 Å². The maximum Gasteiger partial charge on any atom is 0.0625 e. The highest BCUT2D eigenvalue weighted by Gasteiger charge is 2.13. The lowest BCUT2D eigenvalue weighted by molar-refractivity contribution is 0.153. The summed E-state index contributed by atoms with van der Waals surface area (Å²) in [6.07, 6.45) is 2.01. The zero-order valence-corrected chi connectivity index (χ0v) is 13.4. The van der Waals surface area contributed by atoms with Gasteiger partial charge in [-0.2, -0.15) is 0 Å². The molecule has 1 heterocycles. The largest absolute Gasteiger partial charge is 0.304 e. The van der Waals surface area contributed by atoms with E-state index in [9.17, 15) is 0 Å². The van der Waals surface area contributed by atoms with Gasteiger partial charge >= 0.3 is 0 Å². The van der Waals surface area contributed by atoms with Crippen molar-refractivity contribution < 1.29 is 0 Å². The molecule has 0 aliphatic carbocycles. The predicted octanol–water partition coefficient (Wildman–Crippen LogP) is 3.83. The van der Waals surface area contributed by atoms with E-state index in [4.69, 9.17) is 34.8 Å². The summed E-state index contributed by atoms with van der Waals surface area (Å²) in [7, 11) is 2.17. The van der Waals surface area contributed by atoms with Crippen LogP contribution in [0.25, 0.3) is 0 Å². The van der Waals surface area contributed by atoms with Crippen LogP contribution >= 0.6 is 34.8 Å². The summed E-state index contributed by atoms with van der Waals surface area (Å²) in [5, 5.41) is 1.84. The van der Waals surface area contributed by atoms with Crippen molar-refractivity contribution in [1.29, 1.82) is 0 Å². The molecule has 2 rings (SSSR count). The van der Waals surface area contributed by atoms with E-state index in [1.54, 1.807) is 6.07 Å². The molecule has 1 aliphatic rings. The first kappa shape index (κ1) is 15.4. The molecule has 0 spiro atoms. The van der Waals surface area contributed by atoms with E-state index < -0.39 is 0 Å². The molecular weight excluding hydrogens is 303 g/mol. The number of aryl methyl sites for hydroxylation is 1. The van der Waals surface area contributed by atoms with Crippen molar-refractivity contribution in [2.45, 2.75) is 12.8 Å². The topological polar surface area (TPSA) is 6.48 Å². The molecule has 5 heteroatoms. The molecule has 2 nitrogen and oxygen atoms in total. The first-order chi connectivity index (χ1) is 9.06. The summed E-state index contributed by atoms with van der Waals surface area (Å²) in [6.45, 7) is 5.73. The van der Waals surface area contributed by atoms with Crippen molar-refractivity contribution in [3.8, 4) is 0 Å². The van der Waals surface area contributed by atoms with Crippen LogP contribution in [0.1, 0.15) is 12.0 Å². The summed E-state index contributed by atoms with van der Waals surface area (Å²) in [5.74, 6) is 0. The number of rotatable bonds is 4. The number of hydrogen-bond donors (Lipinski definition) is 0. The van der Waals surface area contributed by atoms with Gasteiger partial charge in [0.15, 0.2) is 0 Å². The van der Waals surface area contributed by atoms with Gasteiger partial charge in [-0.25, -0.2) is 0 Å². The van der Waals surface area contributed by atoms with E-state index in [1.807, 2.05) is 6.07 Å². The summed E-state index contributed by atoms with van der Waals surface area (Å²) >= 11 is 18.2. The molecule has 106 valence electrons. The average Bonchev–Trinajstić information content (AvgIpc) is 2.37. The first-order valence-corrected chi connectivity index (χ1v) is 7.74. The van der Waals surface area contributed by atoms with Gasteiger partial charge in [-0.05, 0) is 44.1 Å². The van der Waals surface area contributed by atoms with Crippen LogP contribution in [0, 0.1) is 0 Å². The fourth-order valence-electron chi connectivity index (χ4n) is 2.36. The lowest BCUT2D eigenvalue weighted by atomic mass is 10.1. The van der Waals surface area contributed by atoms with Gasteiger partial charge in [0.05, 0.1) is 10.0 Å². The van der Waals surface area contributed by atoms with Crippen LogP contribution in [-0.2, 0) is 6.42 Å². The molecule has 0 unspecified atom stereocenters. The Hall–Kier alpha value is 0.01000. The van der Waals surface area contributed by atoms with E-state index in [1.165, 1.54) is 0 Å². The van der Waals surface area contributed by atoms with Gasteiger partial charge in [0.2, 0.25) is 0 Å². The number of benzene rings is 1. The third-order valence-electron chi connectivity index (χ3n) is 3.58. The molecule has 1 aliphatic heterocycles. The van der Waals surface area contributed by atoms with Crippen LogP contribution in [-0.4, -0.2) is 49.6 Å². The third kappa shape index (κ3) is 4.51. The Morgan fingerprint density at radius 2 is 1.74 bits per heavy atom. The Labute approximate surface area is 130 Å². The number of nitrogens with zero attached hydrogens (tertiary/aromatic N) is 2. The Balaban J connectivity index is 1.83. The van der Waals surface area contributed by atoms with E-state index in [0.717, 1.165) is 51.1 Å². The van der Waals surface area contributed by atoms with Crippen molar-refractivity contribution in [2.24, 2.45) is 0 Å². The van der Waals surface area contributed by atoms with Crippen molar-refractivity contribution in [1.82, 2.24) is 9.80 Å². The fraction of sp³-hybridized carbons (Fsp3) is 0.571. The van der Waals surface area contributed by atoms with Crippen LogP contribution in [0.3, 0.4) is 0 Å². The molecule has 0 N–H and O–H groups in total. The van der Waals surface area contributed by atoms with Crippen molar-refractivity contribution >= 4 is 34.8 Å². The highest BCUT2D eigenvalue weighted by molar-refractivity contribution is 6.43. The fourth-order valence-corrected chi connectivity index (χ4v) is 3.09. The standard InChI is InChI=1S/C14H19Cl3N2/c1-18-5-7-19(8-6-18)4-2-3-11-9-12(15)10-13(16)14(11)17/h9-10H,2-8H2,1H3. The Morgan fingerprint density at radius 1 is 1.05 bits per heavy atom. The van der Waals surface area contributed by atoms with E-state index in [2.05, 4.69) is 16.8 Å². The smallest absolute Gasteiger partial charge is 0.0625 e. The van der Waals surface area contributed by atoms with Gasteiger partial charge < -0.3 is 9.80 Å². The lowest BCUT2D eigenvalue weighted by Crippen LogP contribution is -2.44. The van der Waals surface area contributed by atoms with Crippen LogP contribution in [0.2, 0.25) is 15.1 Å². The monoisotopic (exact) mass is 320 g/mol. The molecular formula is C14H19Cl3N2. The molecule has 1 aromatic rings. The summed E-state index contributed by atoms with van der Waals surface area (Å²) in [6, 6.07) is 3.61. The first-order valence-electron chi connectivity index (χ1n) is 6.60. The predicted molar refractivity (Wildman–Crippen MR) is 83.7 cm³/mol. The molecule has 1 fully saturated rings. The second kappa shape index (κ2) is 7.14. The third-order valence-corrected chi connectivity index (χ3v) is 4.64. The highest BCUT2D eigenvalue weighted by Crippen LogP contribution is 2.30. The Bertz CT molecular complexity index is 429. The quantitative estimate of drug-likeness (QED) is 0.778. The van der Waals surface area contributed by atoms with Gasteiger partial charge in [-0.15, -0.1) is 0 Å². The summed E-state index contributed by atoms with van der Waals surface area (Å²) < 4.78 is 0. The molecule has 1 saturated heterocycles. The molecule has 1 aromatic carbocycles. The number of piperazine rings is 1. The van der Waals surface area contributed by atoms with Crippen molar-refractivity contribution in [3.63, 3.8) is 0 Å². The zero-order valence-electron chi connectivity index (χ0n) is 11.1. The minimum Gasteiger partial charge on any atom is -0.304 e.